The third kappa shape index (κ3) is 11.0. The molecule has 3 aromatic carbocycles. The lowest BCUT2D eigenvalue weighted by Crippen LogP contribution is -2.08. The van der Waals surface area contributed by atoms with Gasteiger partial charge in [-0.2, -0.15) is 0 Å². The average molecular weight is 529 g/mol. The molecule has 3 aromatic rings. The highest BCUT2D eigenvalue weighted by molar-refractivity contribution is 5.91. The van der Waals surface area contributed by atoms with E-state index in [1.165, 1.54) is 38.5 Å². The summed E-state index contributed by atoms with van der Waals surface area (Å²) in [5, 5.41) is 0. The van der Waals surface area contributed by atoms with Gasteiger partial charge >= 0.3 is 5.97 Å². The highest BCUT2D eigenvalue weighted by Crippen LogP contribution is 2.24. The zero-order chi connectivity index (χ0) is 27.7. The third-order valence-electron chi connectivity index (χ3n) is 6.97. The van der Waals surface area contributed by atoms with Crippen LogP contribution in [0.2, 0.25) is 0 Å². The van der Waals surface area contributed by atoms with Crippen molar-refractivity contribution in [3.8, 4) is 28.4 Å². The van der Waals surface area contributed by atoms with Crippen molar-refractivity contribution in [3.05, 3.63) is 91.0 Å². The quantitative estimate of drug-likeness (QED) is 0.0713. The van der Waals surface area contributed by atoms with Crippen molar-refractivity contribution in [2.75, 3.05) is 13.2 Å². The molecule has 1 atom stereocenters. The minimum Gasteiger partial charge on any atom is -0.494 e. The normalized spacial score (nSPS) is 11.5. The van der Waals surface area contributed by atoms with Crippen molar-refractivity contribution >= 4 is 5.97 Å². The Bertz CT molecular complexity index is 1100. The van der Waals surface area contributed by atoms with Crippen LogP contribution in [0.4, 0.5) is 0 Å². The second kappa shape index (κ2) is 17.1. The van der Waals surface area contributed by atoms with E-state index in [1.807, 2.05) is 54.6 Å². The van der Waals surface area contributed by atoms with Gasteiger partial charge in [-0.1, -0.05) is 69.9 Å². The van der Waals surface area contributed by atoms with Gasteiger partial charge < -0.3 is 14.2 Å². The molecule has 4 heteroatoms. The molecular formula is C35H44O4. The van der Waals surface area contributed by atoms with E-state index in [2.05, 4.69) is 20.4 Å². The van der Waals surface area contributed by atoms with Crippen LogP contribution >= 0.6 is 0 Å². The maximum atomic E-state index is 12.6. The van der Waals surface area contributed by atoms with Gasteiger partial charge in [0.15, 0.2) is 0 Å². The molecule has 0 heterocycles. The van der Waals surface area contributed by atoms with Crippen LogP contribution < -0.4 is 14.2 Å². The number of rotatable bonds is 18. The van der Waals surface area contributed by atoms with E-state index in [0.717, 1.165) is 54.4 Å². The number of unbranched alkanes of at least 4 members (excludes halogenated alkanes) is 5. The molecule has 0 aliphatic carbocycles. The Morgan fingerprint density at radius 1 is 0.718 bits per heavy atom. The van der Waals surface area contributed by atoms with Crippen molar-refractivity contribution in [2.45, 2.75) is 71.6 Å². The predicted molar refractivity (Wildman–Crippen MR) is 161 cm³/mol. The number of carbonyl (C=O) groups is 1. The third-order valence-corrected chi connectivity index (χ3v) is 6.97. The van der Waals surface area contributed by atoms with Crippen LogP contribution in [0.3, 0.4) is 0 Å². The molecule has 208 valence electrons. The maximum Gasteiger partial charge on any atom is 0.343 e. The van der Waals surface area contributed by atoms with Crippen LogP contribution in [0.25, 0.3) is 11.1 Å². The average Bonchev–Trinajstić information content (AvgIpc) is 2.97. The molecule has 0 saturated carbocycles. The Balaban J connectivity index is 1.40. The van der Waals surface area contributed by atoms with Crippen molar-refractivity contribution < 1.29 is 19.0 Å². The number of benzene rings is 3. The van der Waals surface area contributed by atoms with Gasteiger partial charge in [-0.15, -0.1) is 6.58 Å². The van der Waals surface area contributed by atoms with Crippen molar-refractivity contribution in [3.63, 3.8) is 0 Å². The summed E-state index contributed by atoms with van der Waals surface area (Å²) in [7, 11) is 0. The first-order valence-corrected chi connectivity index (χ1v) is 14.5. The van der Waals surface area contributed by atoms with Gasteiger partial charge in [-0.25, -0.2) is 4.79 Å². The molecule has 0 aromatic heterocycles. The molecule has 0 spiro atoms. The highest BCUT2D eigenvalue weighted by atomic mass is 16.5. The molecule has 0 fully saturated rings. The van der Waals surface area contributed by atoms with Gasteiger partial charge in [0.05, 0.1) is 18.8 Å². The fourth-order valence-electron chi connectivity index (χ4n) is 4.25. The molecular weight excluding hydrogens is 484 g/mol. The first-order chi connectivity index (χ1) is 19.1. The number of ether oxygens (including phenoxy) is 3. The van der Waals surface area contributed by atoms with Crippen LogP contribution in [-0.2, 0) is 0 Å². The Kier molecular flexibility index (Phi) is 13.2. The second-order valence-corrected chi connectivity index (χ2v) is 10.2. The van der Waals surface area contributed by atoms with Gasteiger partial charge in [-0.05, 0) is 97.7 Å². The number of hydrogen-bond donors (Lipinski definition) is 0. The topological polar surface area (TPSA) is 44.8 Å². The Hall–Kier alpha value is -3.53. The van der Waals surface area contributed by atoms with E-state index in [1.54, 1.807) is 24.3 Å². The predicted octanol–water partition coefficient (Wildman–Crippen LogP) is 9.68. The summed E-state index contributed by atoms with van der Waals surface area (Å²) < 4.78 is 17.2. The molecule has 0 aliphatic rings. The molecule has 0 amide bonds. The van der Waals surface area contributed by atoms with Gasteiger partial charge in [0.25, 0.3) is 0 Å². The Morgan fingerprint density at radius 3 is 1.85 bits per heavy atom. The smallest absolute Gasteiger partial charge is 0.343 e. The molecule has 0 unspecified atom stereocenters. The summed E-state index contributed by atoms with van der Waals surface area (Å²) in [6, 6.07) is 22.8. The molecule has 0 aliphatic heterocycles. The SMILES string of the molecule is C=CCCCCCCCOc1ccc(OC(=O)c2ccc(-c3ccc(OCCC[C@@H](C)CC)cc3)cc2)cc1. The molecule has 0 radical (unpaired) electrons. The molecule has 0 saturated heterocycles. The van der Waals surface area contributed by atoms with E-state index in [0.29, 0.717) is 17.9 Å². The monoisotopic (exact) mass is 528 g/mol. The summed E-state index contributed by atoms with van der Waals surface area (Å²) in [5.41, 5.74) is 2.62. The van der Waals surface area contributed by atoms with Crippen molar-refractivity contribution in [1.29, 1.82) is 0 Å². The van der Waals surface area contributed by atoms with E-state index in [-0.39, 0.29) is 5.97 Å². The first kappa shape index (κ1) is 30.0. The second-order valence-electron chi connectivity index (χ2n) is 10.2. The molecule has 39 heavy (non-hydrogen) atoms. The van der Waals surface area contributed by atoms with E-state index >= 15 is 0 Å². The summed E-state index contributed by atoms with van der Waals surface area (Å²) >= 11 is 0. The zero-order valence-corrected chi connectivity index (χ0v) is 23.7. The summed E-state index contributed by atoms with van der Waals surface area (Å²) in [6.45, 7) is 9.70. The van der Waals surface area contributed by atoms with E-state index in [4.69, 9.17) is 14.2 Å². The summed E-state index contributed by atoms with van der Waals surface area (Å²) in [4.78, 5) is 12.6. The van der Waals surface area contributed by atoms with E-state index < -0.39 is 0 Å². The molecule has 3 rings (SSSR count). The van der Waals surface area contributed by atoms with Crippen LogP contribution in [0.15, 0.2) is 85.5 Å². The lowest BCUT2D eigenvalue weighted by atomic mass is 10.0. The van der Waals surface area contributed by atoms with Crippen LogP contribution in [0, 0.1) is 5.92 Å². The number of carbonyl (C=O) groups excluding carboxylic acids is 1. The Labute approximate surface area is 235 Å². The van der Waals surface area contributed by atoms with E-state index in [9.17, 15) is 4.79 Å². The van der Waals surface area contributed by atoms with Crippen molar-refractivity contribution in [2.24, 2.45) is 5.92 Å². The molecule has 0 N–H and O–H groups in total. The number of esters is 1. The zero-order valence-electron chi connectivity index (χ0n) is 23.7. The summed E-state index contributed by atoms with van der Waals surface area (Å²) in [6.07, 6.45) is 12.5. The van der Waals surface area contributed by atoms with Gasteiger partial charge in [0.1, 0.15) is 17.2 Å². The lowest BCUT2D eigenvalue weighted by Gasteiger charge is -2.10. The molecule has 0 bridgehead atoms. The van der Waals surface area contributed by atoms with Crippen LogP contribution in [-0.4, -0.2) is 19.2 Å². The maximum absolute atomic E-state index is 12.6. The van der Waals surface area contributed by atoms with Gasteiger partial charge in [0, 0.05) is 0 Å². The minimum atomic E-state index is -0.382. The highest BCUT2D eigenvalue weighted by Gasteiger charge is 2.10. The minimum absolute atomic E-state index is 0.382. The lowest BCUT2D eigenvalue weighted by molar-refractivity contribution is 0.0734. The van der Waals surface area contributed by atoms with Gasteiger partial charge in [0.2, 0.25) is 0 Å². The first-order valence-electron chi connectivity index (χ1n) is 14.5. The fraction of sp³-hybridized carbons (Fsp3) is 0.400. The Morgan fingerprint density at radius 2 is 1.23 bits per heavy atom. The standard InChI is InChI=1S/C35H44O4/c1-4-6-7-8-9-10-11-26-37-33-22-24-34(25-23-33)39-35(36)31-16-14-29(15-17-31)30-18-20-32(21-19-30)38-27-12-13-28(3)5-2/h4,14-25,28H,1,5-13,26-27H2,2-3H3/t28-/m0/s1. The number of allylic oxidation sites excluding steroid dienone is 1. The van der Waals surface area contributed by atoms with Gasteiger partial charge in [-0.3, -0.25) is 0 Å². The van der Waals surface area contributed by atoms with Crippen LogP contribution in [0.5, 0.6) is 17.2 Å². The van der Waals surface area contributed by atoms with Crippen LogP contribution in [0.1, 0.15) is 82.0 Å². The fourth-order valence-corrected chi connectivity index (χ4v) is 4.25. The largest absolute Gasteiger partial charge is 0.494 e. The number of hydrogen-bond acceptors (Lipinski definition) is 4. The molecule has 4 nitrogen and oxygen atoms in total. The summed E-state index contributed by atoms with van der Waals surface area (Å²) in [5.74, 6) is 2.53. The van der Waals surface area contributed by atoms with Crippen molar-refractivity contribution in [1.82, 2.24) is 0 Å².